The molecule has 2 N–H and O–H groups in total. The average molecular weight is 185 g/mol. The monoisotopic (exact) mass is 184 g/mol. The second kappa shape index (κ2) is 4.21. The molecule has 3 heteroatoms. The molecule has 0 radical (unpaired) electrons. The average Bonchev–Trinajstić information content (AvgIpc) is 2.57. The van der Waals surface area contributed by atoms with Gasteiger partial charge in [0.15, 0.2) is 0 Å². The Kier molecular flexibility index (Phi) is 3.23. The molecule has 0 aliphatic carbocycles. The van der Waals surface area contributed by atoms with Crippen molar-refractivity contribution in [3.8, 4) is 0 Å². The lowest BCUT2D eigenvalue weighted by Crippen LogP contribution is -2.35. The second-order valence-electron chi connectivity index (χ2n) is 2.24. The molecule has 2 aliphatic rings. The van der Waals surface area contributed by atoms with Crippen molar-refractivity contribution in [2.24, 2.45) is 0 Å². The minimum Gasteiger partial charge on any atom is -0.368 e. The summed E-state index contributed by atoms with van der Waals surface area (Å²) in [6.07, 6.45) is 7.75. The van der Waals surface area contributed by atoms with E-state index in [4.69, 9.17) is 11.6 Å². The van der Waals surface area contributed by atoms with Crippen LogP contribution in [0.1, 0.15) is 13.8 Å². The molecule has 0 fully saturated rings. The van der Waals surface area contributed by atoms with E-state index in [1.807, 2.05) is 38.4 Å². The van der Waals surface area contributed by atoms with Gasteiger partial charge in [0, 0.05) is 10.6 Å². The van der Waals surface area contributed by atoms with Crippen LogP contribution in [0.2, 0.25) is 0 Å². The highest BCUT2D eigenvalue weighted by molar-refractivity contribution is 6.32. The maximum atomic E-state index is 5.88. The van der Waals surface area contributed by atoms with Gasteiger partial charge in [0.25, 0.3) is 0 Å². The zero-order valence-corrected chi connectivity index (χ0v) is 8.02. The van der Waals surface area contributed by atoms with E-state index in [1.165, 1.54) is 0 Å². The molecule has 66 valence electrons. The summed E-state index contributed by atoms with van der Waals surface area (Å²) in [6, 6.07) is 0. The molecule has 0 saturated carbocycles. The lowest BCUT2D eigenvalue weighted by atomic mass is 10.2. The van der Waals surface area contributed by atoms with Crippen molar-refractivity contribution in [3.05, 3.63) is 35.2 Å². The largest absolute Gasteiger partial charge is 0.368 e. The van der Waals surface area contributed by atoms with Crippen molar-refractivity contribution < 1.29 is 0 Å². The third-order valence-electron chi connectivity index (χ3n) is 1.61. The van der Waals surface area contributed by atoms with Gasteiger partial charge >= 0.3 is 0 Å². The van der Waals surface area contributed by atoms with Crippen molar-refractivity contribution in [1.82, 2.24) is 10.6 Å². The molecular weight excluding hydrogens is 172 g/mol. The summed E-state index contributed by atoms with van der Waals surface area (Å²) in [4.78, 5) is 0. The Morgan fingerprint density at radius 1 is 1.17 bits per heavy atom. The molecule has 12 heavy (non-hydrogen) atoms. The number of dihydropyridines is 1. The quantitative estimate of drug-likeness (QED) is 0.603. The minimum absolute atomic E-state index is 0.192. The Morgan fingerprint density at radius 3 is 2.33 bits per heavy atom. The first-order chi connectivity index (χ1) is 5.88. The highest BCUT2D eigenvalue weighted by Crippen LogP contribution is 2.21. The maximum absolute atomic E-state index is 5.88. The second-order valence-corrected chi connectivity index (χ2v) is 2.64. The van der Waals surface area contributed by atoms with Gasteiger partial charge in [-0.15, -0.1) is 0 Å². The van der Waals surface area contributed by atoms with Gasteiger partial charge in [-0.1, -0.05) is 25.4 Å². The van der Waals surface area contributed by atoms with E-state index in [2.05, 4.69) is 10.6 Å². The van der Waals surface area contributed by atoms with Crippen LogP contribution in [-0.2, 0) is 0 Å². The Labute approximate surface area is 78.0 Å². The number of rotatable bonds is 0. The van der Waals surface area contributed by atoms with E-state index in [9.17, 15) is 0 Å². The summed E-state index contributed by atoms with van der Waals surface area (Å²) in [5.41, 5.74) is 1.11. The number of hydrogen-bond donors (Lipinski definition) is 2. The first-order valence-electron chi connectivity index (χ1n) is 4.13. The molecule has 2 aliphatic heterocycles. The summed E-state index contributed by atoms with van der Waals surface area (Å²) < 4.78 is 0. The van der Waals surface area contributed by atoms with Crippen LogP contribution in [0.25, 0.3) is 0 Å². The van der Waals surface area contributed by atoms with Gasteiger partial charge in [-0.3, -0.25) is 0 Å². The molecule has 1 atom stereocenters. The standard InChI is InChI=1S/C7H7ClN2.C2H6/c8-6-2-4-10-7-5(6)1-3-9-7;1-2/h1-4,7,9-10H;1-2H3. The number of hydrogen-bond acceptors (Lipinski definition) is 2. The summed E-state index contributed by atoms with van der Waals surface area (Å²) in [7, 11) is 0. The van der Waals surface area contributed by atoms with E-state index in [1.54, 1.807) is 0 Å². The Morgan fingerprint density at radius 2 is 1.75 bits per heavy atom. The zero-order chi connectivity index (χ0) is 8.97. The molecule has 2 nitrogen and oxygen atoms in total. The van der Waals surface area contributed by atoms with Crippen LogP contribution >= 0.6 is 11.6 Å². The third-order valence-corrected chi connectivity index (χ3v) is 1.95. The fourth-order valence-electron chi connectivity index (χ4n) is 1.09. The van der Waals surface area contributed by atoms with Crippen molar-refractivity contribution in [2.45, 2.75) is 20.0 Å². The lowest BCUT2D eigenvalue weighted by molar-refractivity contribution is 0.632. The van der Waals surface area contributed by atoms with Crippen LogP contribution < -0.4 is 10.6 Å². The van der Waals surface area contributed by atoms with Gasteiger partial charge in [-0.05, 0) is 24.6 Å². The van der Waals surface area contributed by atoms with E-state index in [0.29, 0.717) is 0 Å². The zero-order valence-electron chi connectivity index (χ0n) is 7.26. The van der Waals surface area contributed by atoms with E-state index >= 15 is 0 Å². The third kappa shape index (κ3) is 1.64. The molecule has 1 unspecified atom stereocenters. The van der Waals surface area contributed by atoms with Gasteiger partial charge in [0.2, 0.25) is 0 Å². The first kappa shape index (κ1) is 9.20. The van der Waals surface area contributed by atoms with Gasteiger partial charge in [0.1, 0.15) is 6.17 Å². The normalized spacial score (nSPS) is 23.8. The fourth-order valence-corrected chi connectivity index (χ4v) is 1.32. The number of nitrogens with one attached hydrogen (secondary N) is 2. The maximum Gasteiger partial charge on any atom is 0.124 e. The van der Waals surface area contributed by atoms with Crippen molar-refractivity contribution in [3.63, 3.8) is 0 Å². The Balaban J connectivity index is 0.000000336. The minimum atomic E-state index is 0.192. The van der Waals surface area contributed by atoms with Crippen LogP contribution in [0.15, 0.2) is 35.2 Å². The summed E-state index contributed by atoms with van der Waals surface area (Å²) in [6.45, 7) is 4.00. The molecule has 0 aromatic carbocycles. The fraction of sp³-hybridized carbons (Fsp3) is 0.333. The van der Waals surface area contributed by atoms with Gasteiger partial charge in [0.05, 0.1) is 0 Å². The van der Waals surface area contributed by atoms with Crippen LogP contribution in [-0.4, -0.2) is 6.17 Å². The predicted octanol–water partition coefficient (Wildman–Crippen LogP) is 2.07. The van der Waals surface area contributed by atoms with Crippen molar-refractivity contribution in [1.29, 1.82) is 0 Å². The highest BCUT2D eigenvalue weighted by atomic mass is 35.5. The highest BCUT2D eigenvalue weighted by Gasteiger charge is 2.18. The number of halogens is 1. The molecule has 2 rings (SSSR count). The molecule has 0 aromatic rings. The Bertz CT molecular complexity index is 241. The topological polar surface area (TPSA) is 24.1 Å². The molecule has 2 heterocycles. The van der Waals surface area contributed by atoms with Crippen LogP contribution in [0.5, 0.6) is 0 Å². The number of fused-ring (bicyclic) bond motifs is 1. The van der Waals surface area contributed by atoms with Crippen molar-refractivity contribution >= 4 is 11.6 Å². The number of allylic oxidation sites excluding steroid dienone is 2. The van der Waals surface area contributed by atoms with Gasteiger partial charge in [-0.25, -0.2) is 0 Å². The van der Waals surface area contributed by atoms with E-state index in [0.717, 1.165) is 10.6 Å². The van der Waals surface area contributed by atoms with Crippen molar-refractivity contribution in [2.75, 3.05) is 0 Å². The molecule has 0 aromatic heterocycles. The molecule has 0 saturated heterocycles. The molecule has 0 bridgehead atoms. The smallest absolute Gasteiger partial charge is 0.124 e. The summed E-state index contributed by atoms with van der Waals surface area (Å²) in [5.74, 6) is 0. The summed E-state index contributed by atoms with van der Waals surface area (Å²) in [5, 5.41) is 7.03. The lowest BCUT2D eigenvalue weighted by Gasteiger charge is -2.17. The first-order valence-corrected chi connectivity index (χ1v) is 4.50. The van der Waals surface area contributed by atoms with E-state index in [-0.39, 0.29) is 6.17 Å². The van der Waals surface area contributed by atoms with Gasteiger partial charge < -0.3 is 10.6 Å². The van der Waals surface area contributed by atoms with E-state index < -0.39 is 0 Å². The molecule has 0 amide bonds. The van der Waals surface area contributed by atoms with Crippen LogP contribution in [0.4, 0.5) is 0 Å². The molecular formula is C9H13ClN2. The van der Waals surface area contributed by atoms with Crippen LogP contribution in [0, 0.1) is 0 Å². The van der Waals surface area contributed by atoms with Crippen LogP contribution in [0.3, 0.4) is 0 Å². The predicted molar refractivity (Wildman–Crippen MR) is 52.6 cm³/mol. The van der Waals surface area contributed by atoms with Gasteiger partial charge in [-0.2, -0.15) is 0 Å². The Hall–Kier alpha value is -0.890. The molecule has 0 spiro atoms. The SMILES string of the molecule is CC.ClC1=C2C=CNC2NC=C1. The summed E-state index contributed by atoms with van der Waals surface area (Å²) >= 11 is 5.88.